The number of aromatic nitrogens is 1. The molecule has 2 bridgehead atoms. The number of esters is 3. The number of para-hydroxylation sites is 1. The molecule has 2 amide bonds. The zero-order chi connectivity index (χ0) is 48.8. The Balaban J connectivity index is 1.19. The van der Waals surface area contributed by atoms with Gasteiger partial charge in [0, 0.05) is 96.6 Å². The number of rotatable bonds is 9. The van der Waals surface area contributed by atoms with Gasteiger partial charge in [-0.25, -0.2) is 9.59 Å². The lowest BCUT2D eigenvalue weighted by atomic mass is 9.47. The Labute approximate surface area is 403 Å². The molecular formula is C54H66N6O9. The van der Waals surface area contributed by atoms with Crippen molar-refractivity contribution >= 4 is 46.2 Å². The number of methoxy groups -OCH3 is 3. The van der Waals surface area contributed by atoms with Gasteiger partial charge in [0.2, 0.25) is 5.60 Å². The number of aliphatic hydroxyl groups is 1. The zero-order valence-electron chi connectivity index (χ0n) is 41.1. The highest BCUT2D eigenvalue weighted by Crippen LogP contribution is 2.68. The summed E-state index contributed by atoms with van der Waals surface area (Å²) in [5.41, 5.74) is 0.205. The van der Waals surface area contributed by atoms with E-state index in [9.17, 15) is 19.5 Å². The Bertz CT molecular complexity index is 2760. The smallest absolute Gasteiger partial charge is 0.344 e. The Hall–Kier alpha value is -5.90. The van der Waals surface area contributed by atoms with Crippen molar-refractivity contribution in [2.45, 2.75) is 106 Å². The molecule has 10 atom stereocenters. The summed E-state index contributed by atoms with van der Waals surface area (Å²) >= 11 is 0. The fourth-order valence-electron chi connectivity index (χ4n) is 14.8. The molecule has 4 aromatic rings. The first-order valence-corrected chi connectivity index (χ1v) is 24.5. The summed E-state index contributed by atoms with van der Waals surface area (Å²) in [5.74, 6) is -1.66. The van der Waals surface area contributed by atoms with Crippen LogP contribution in [0.2, 0.25) is 0 Å². The molecule has 1 aromatic heterocycles. The summed E-state index contributed by atoms with van der Waals surface area (Å²) in [7, 11) is 6.16. The number of aromatic amines is 1. The normalized spacial score (nSPS) is 33.1. The molecule has 15 heteroatoms. The Morgan fingerprint density at radius 1 is 0.913 bits per heavy atom. The van der Waals surface area contributed by atoms with E-state index >= 15 is 4.79 Å². The van der Waals surface area contributed by atoms with Crippen LogP contribution in [-0.4, -0.2) is 134 Å². The number of nitrogens with zero attached hydrogens (tertiary/aromatic N) is 3. The van der Waals surface area contributed by atoms with Gasteiger partial charge >= 0.3 is 23.9 Å². The summed E-state index contributed by atoms with van der Waals surface area (Å²) < 4.78 is 24.3. The van der Waals surface area contributed by atoms with E-state index in [0.29, 0.717) is 88.2 Å². The lowest BCUT2D eigenvalue weighted by Crippen LogP contribution is -2.81. The first-order chi connectivity index (χ1) is 33.1. The van der Waals surface area contributed by atoms with Crippen molar-refractivity contribution in [2.75, 3.05) is 71.3 Å². The van der Waals surface area contributed by atoms with Gasteiger partial charge in [-0.2, -0.15) is 0 Å². The van der Waals surface area contributed by atoms with Gasteiger partial charge in [-0.1, -0.05) is 61.9 Å². The van der Waals surface area contributed by atoms with Gasteiger partial charge in [0.05, 0.1) is 32.9 Å². The monoisotopic (exact) mass is 942 g/mol. The molecule has 4 N–H and O–H groups in total. The van der Waals surface area contributed by atoms with Gasteiger partial charge in [-0.05, 0) is 93.3 Å². The third-order valence-corrected chi connectivity index (χ3v) is 17.3. The fourth-order valence-corrected chi connectivity index (χ4v) is 14.8. The number of amides is 2. The summed E-state index contributed by atoms with van der Waals surface area (Å²) in [6.07, 6.45) is 5.96. The van der Waals surface area contributed by atoms with Crippen LogP contribution >= 0.6 is 0 Å². The van der Waals surface area contributed by atoms with E-state index in [1.807, 2.05) is 74.3 Å². The number of likely N-dealkylation sites (N-methyl/N-ethyl adjacent to an activating group) is 1. The largest absolute Gasteiger partial charge is 0.496 e. The third kappa shape index (κ3) is 6.69. The molecule has 6 heterocycles. The first-order valence-electron chi connectivity index (χ1n) is 24.5. The van der Waals surface area contributed by atoms with Crippen molar-refractivity contribution in [3.63, 3.8) is 0 Å². The highest BCUT2D eigenvalue weighted by Gasteiger charge is 2.80. The molecule has 10 rings (SSSR count). The quantitative estimate of drug-likeness (QED) is 0.0861. The minimum atomic E-state index is -2.33. The van der Waals surface area contributed by atoms with Gasteiger partial charge < -0.3 is 49.5 Å². The molecule has 3 aromatic carbocycles. The Morgan fingerprint density at radius 2 is 1.67 bits per heavy atom. The molecule has 5 aliphatic heterocycles. The number of anilines is 2. The van der Waals surface area contributed by atoms with Crippen molar-refractivity contribution in [1.29, 1.82) is 0 Å². The molecule has 6 aliphatic rings. The van der Waals surface area contributed by atoms with E-state index in [1.165, 1.54) is 21.1 Å². The fraction of sp³-hybridized carbons (Fsp3) is 0.519. The van der Waals surface area contributed by atoms with E-state index in [0.717, 1.165) is 39.0 Å². The minimum absolute atomic E-state index is 0.136. The number of piperidine rings is 1. The SMILES string of the molecule is CC[C@]1(NC(=O)Nc2ccc(C)cc2)C[C@@H]2CN(CCc3c([nH]c4ccccc34)[C@@](C(=O)OC)(c3cc4c(cc3OC)N(C)[C@H]3[C@@](O)(C(=O)OC)[C@H](OC(C)=O)[C@]5(CC)C=CCN6CC[C@]43[C@@H]65)C2)C1. The number of hydrogen-bond donors (Lipinski definition) is 4. The molecule has 366 valence electrons. The number of H-pyrrole nitrogens is 1. The van der Waals surface area contributed by atoms with E-state index in [4.69, 9.17) is 18.9 Å². The summed E-state index contributed by atoms with van der Waals surface area (Å²) in [5, 5.41) is 21.0. The van der Waals surface area contributed by atoms with E-state index in [2.05, 4.69) is 56.6 Å². The number of carbonyl (C=O) groups excluding carboxylic acids is 4. The van der Waals surface area contributed by atoms with Crippen LogP contribution in [0.1, 0.15) is 80.8 Å². The van der Waals surface area contributed by atoms with Crippen LogP contribution in [0, 0.1) is 18.3 Å². The van der Waals surface area contributed by atoms with Crippen molar-refractivity contribution < 1.29 is 43.2 Å². The maximum Gasteiger partial charge on any atom is 0.344 e. The van der Waals surface area contributed by atoms with E-state index < -0.39 is 57.4 Å². The van der Waals surface area contributed by atoms with Crippen LogP contribution in [0.4, 0.5) is 16.2 Å². The van der Waals surface area contributed by atoms with Crippen LogP contribution in [0.15, 0.2) is 72.8 Å². The number of carbonyl (C=O) groups is 4. The molecule has 2 saturated heterocycles. The standard InChI is InChI=1S/C54H66N6O9/c1-9-50(57-49(64)55-35-18-16-32(3)17-19-35)28-34-29-53(47(62)67-7,43-37(20-24-59(30-34)31-50)36-14-11-12-15-40(36)56-43)39-26-38-41(27-42(39)66-6)58(5)45-52(38)22-25-60-23-13-21-51(10-2,44(52)60)46(69-33(4)61)54(45,65)48(63)68-8/h11-19,21,26-27,34,44-46,56,65H,9-10,20,22-25,28-31H2,1-8H3,(H2,55,57,64)/t34-,44-,45+,46+,50-,51+,52+,53-,54-/m0/s1. The van der Waals surface area contributed by atoms with E-state index in [-0.39, 0.29) is 18.0 Å². The molecule has 3 fully saturated rings. The lowest BCUT2D eigenvalue weighted by molar-refractivity contribution is -0.228. The van der Waals surface area contributed by atoms with Crippen LogP contribution in [-0.2, 0) is 45.8 Å². The summed E-state index contributed by atoms with van der Waals surface area (Å²) in [4.78, 5) is 67.9. The second-order valence-corrected chi connectivity index (χ2v) is 20.7. The number of urea groups is 1. The van der Waals surface area contributed by atoms with Gasteiger partial charge in [-0.3, -0.25) is 14.5 Å². The second-order valence-electron chi connectivity index (χ2n) is 20.7. The minimum Gasteiger partial charge on any atom is -0.496 e. The number of aryl methyl sites for hydroxylation is 1. The summed E-state index contributed by atoms with van der Waals surface area (Å²) in [6, 6.07) is 18.4. The van der Waals surface area contributed by atoms with Gasteiger partial charge in [-0.15, -0.1) is 0 Å². The molecule has 15 nitrogen and oxygen atoms in total. The molecule has 69 heavy (non-hydrogen) atoms. The van der Waals surface area contributed by atoms with Crippen LogP contribution in [0.25, 0.3) is 10.9 Å². The topological polar surface area (TPSA) is 175 Å². The number of nitrogens with one attached hydrogen (secondary N) is 3. The highest BCUT2D eigenvalue weighted by molar-refractivity contribution is 5.95. The average molecular weight is 943 g/mol. The molecule has 1 unspecified atom stereocenters. The number of benzene rings is 3. The Morgan fingerprint density at radius 3 is 2.36 bits per heavy atom. The predicted molar refractivity (Wildman–Crippen MR) is 262 cm³/mol. The highest BCUT2D eigenvalue weighted by atomic mass is 16.6. The lowest BCUT2D eigenvalue weighted by Gasteiger charge is -2.63. The molecule has 1 saturated carbocycles. The van der Waals surface area contributed by atoms with Gasteiger partial charge in [0.1, 0.15) is 11.2 Å². The number of fused-ring (bicyclic) bond motifs is 6. The third-order valence-electron chi connectivity index (χ3n) is 17.3. The number of ether oxygens (including phenoxy) is 4. The van der Waals surface area contributed by atoms with Gasteiger partial charge in [0.25, 0.3) is 0 Å². The number of hydrogen-bond acceptors (Lipinski definition) is 12. The molecule has 0 radical (unpaired) electrons. The van der Waals surface area contributed by atoms with Crippen molar-refractivity contribution in [3.05, 3.63) is 101 Å². The second kappa shape index (κ2) is 16.9. The summed E-state index contributed by atoms with van der Waals surface area (Å²) in [6.45, 7) is 10.7. The predicted octanol–water partition coefficient (Wildman–Crippen LogP) is 6.13. The maximum atomic E-state index is 15.7. The molecular weight excluding hydrogens is 877 g/mol. The Kier molecular flexibility index (Phi) is 11.5. The zero-order valence-corrected chi connectivity index (χ0v) is 41.1. The maximum absolute atomic E-state index is 15.7. The van der Waals surface area contributed by atoms with Crippen molar-refractivity contribution in [1.82, 2.24) is 20.1 Å². The van der Waals surface area contributed by atoms with Crippen LogP contribution in [0.3, 0.4) is 0 Å². The van der Waals surface area contributed by atoms with Crippen LogP contribution < -0.4 is 20.3 Å². The first kappa shape index (κ1) is 46.8. The van der Waals surface area contributed by atoms with Crippen molar-refractivity contribution in [3.8, 4) is 5.75 Å². The van der Waals surface area contributed by atoms with Crippen LogP contribution in [0.5, 0.6) is 5.75 Å². The van der Waals surface area contributed by atoms with E-state index in [1.54, 1.807) is 7.11 Å². The molecule has 1 aliphatic carbocycles. The van der Waals surface area contributed by atoms with Crippen molar-refractivity contribution in [2.24, 2.45) is 11.3 Å². The van der Waals surface area contributed by atoms with Gasteiger partial charge in [0.15, 0.2) is 6.10 Å². The molecule has 1 spiro atoms. The average Bonchev–Trinajstić information content (AvgIpc) is 4.01.